The van der Waals surface area contributed by atoms with Crippen molar-refractivity contribution in [2.75, 3.05) is 18.6 Å². The molecule has 0 radical (unpaired) electrons. The minimum absolute atomic E-state index is 0.478. The highest BCUT2D eigenvalue weighted by atomic mass is 35.5. The van der Waals surface area contributed by atoms with Crippen LogP contribution < -0.4 is 0 Å². The van der Waals surface area contributed by atoms with Gasteiger partial charge in [0.1, 0.15) is 0 Å². The number of hydrogen-bond acceptors (Lipinski definition) is 4. The van der Waals surface area contributed by atoms with Gasteiger partial charge < -0.3 is 9.84 Å². The minimum atomic E-state index is -1.27. The number of thioether (sulfide) groups is 1. The van der Waals surface area contributed by atoms with E-state index >= 15 is 0 Å². The van der Waals surface area contributed by atoms with Gasteiger partial charge in [0.25, 0.3) is 0 Å². The van der Waals surface area contributed by atoms with Crippen LogP contribution in [0.3, 0.4) is 0 Å². The quantitative estimate of drug-likeness (QED) is 0.871. The fraction of sp³-hybridized carbons (Fsp3) is 0.500. The fourth-order valence-corrected chi connectivity index (χ4v) is 3.75. The highest BCUT2D eigenvalue weighted by Gasteiger charge is 2.22. The molecule has 2 rings (SSSR count). The summed E-state index contributed by atoms with van der Waals surface area (Å²) in [6.07, 6.45) is 0.991. The van der Waals surface area contributed by atoms with Crippen molar-refractivity contribution in [3.8, 4) is 0 Å². The zero-order chi connectivity index (χ0) is 13.8. The first kappa shape index (κ1) is 14.7. The van der Waals surface area contributed by atoms with E-state index in [-0.39, 0.29) is 0 Å². The predicted molar refractivity (Wildman–Crippen MR) is 77.7 cm³/mol. The molecule has 0 bridgehead atoms. The lowest BCUT2D eigenvalue weighted by molar-refractivity contribution is -0.150. The van der Waals surface area contributed by atoms with Crippen molar-refractivity contribution in [2.24, 2.45) is 0 Å². The molecule has 1 saturated heterocycles. The molecule has 0 amide bonds. The molecule has 1 heterocycles. The molecule has 1 aliphatic heterocycles. The second kappa shape index (κ2) is 6.64. The Hall–Kier alpha value is -0.710. The molecule has 1 unspecified atom stereocenters. The summed E-state index contributed by atoms with van der Waals surface area (Å²) in [5, 5.41) is 10.4. The summed E-state index contributed by atoms with van der Waals surface area (Å²) in [6.45, 7) is 0. The van der Waals surface area contributed by atoms with Crippen LogP contribution in [0.2, 0.25) is 5.02 Å². The monoisotopic (exact) mass is 300 g/mol. The maximum absolute atomic E-state index is 11.3. The SMILES string of the molecule is COC(=O)C(O)c1ccc(C2CCSCC2)c(Cl)c1. The Morgan fingerprint density at radius 1 is 1.47 bits per heavy atom. The van der Waals surface area contributed by atoms with Gasteiger partial charge in [-0.25, -0.2) is 4.79 Å². The number of benzene rings is 1. The number of ether oxygens (including phenoxy) is 1. The van der Waals surface area contributed by atoms with Gasteiger partial charge >= 0.3 is 5.97 Å². The van der Waals surface area contributed by atoms with Crippen molar-refractivity contribution < 1.29 is 14.6 Å². The van der Waals surface area contributed by atoms with E-state index in [9.17, 15) is 9.90 Å². The standard InChI is InChI=1S/C14H17ClO3S/c1-18-14(17)13(16)10-2-3-11(12(15)8-10)9-4-6-19-7-5-9/h2-3,8-9,13,16H,4-7H2,1H3. The number of aliphatic hydroxyl groups is 1. The average Bonchev–Trinajstić information content (AvgIpc) is 2.46. The summed E-state index contributed by atoms with van der Waals surface area (Å²) in [5.41, 5.74) is 1.59. The highest BCUT2D eigenvalue weighted by molar-refractivity contribution is 7.99. The van der Waals surface area contributed by atoms with E-state index < -0.39 is 12.1 Å². The third kappa shape index (κ3) is 3.44. The molecule has 0 spiro atoms. The Morgan fingerprint density at radius 2 is 2.16 bits per heavy atom. The number of carbonyl (C=O) groups excluding carboxylic acids is 1. The first-order valence-electron chi connectivity index (χ1n) is 6.26. The van der Waals surface area contributed by atoms with Crippen LogP contribution in [0.25, 0.3) is 0 Å². The van der Waals surface area contributed by atoms with E-state index in [0.29, 0.717) is 16.5 Å². The highest BCUT2D eigenvalue weighted by Crippen LogP contribution is 2.36. The number of aliphatic hydroxyl groups excluding tert-OH is 1. The molecule has 1 aromatic rings. The zero-order valence-electron chi connectivity index (χ0n) is 10.8. The lowest BCUT2D eigenvalue weighted by Gasteiger charge is -2.23. The molecule has 104 valence electrons. The van der Waals surface area contributed by atoms with Crippen molar-refractivity contribution in [1.29, 1.82) is 0 Å². The van der Waals surface area contributed by atoms with Crippen LogP contribution in [0.4, 0.5) is 0 Å². The molecule has 1 fully saturated rings. The summed E-state index contributed by atoms with van der Waals surface area (Å²) in [7, 11) is 1.25. The Balaban J connectivity index is 2.19. The van der Waals surface area contributed by atoms with E-state index in [1.54, 1.807) is 12.1 Å². The van der Waals surface area contributed by atoms with E-state index in [1.807, 2.05) is 17.8 Å². The maximum Gasteiger partial charge on any atom is 0.339 e. The van der Waals surface area contributed by atoms with Crippen molar-refractivity contribution in [2.45, 2.75) is 24.9 Å². The van der Waals surface area contributed by atoms with Crippen LogP contribution in [-0.2, 0) is 9.53 Å². The van der Waals surface area contributed by atoms with Gasteiger partial charge in [-0.3, -0.25) is 0 Å². The topological polar surface area (TPSA) is 46.5 Å². The van der Waals surface area contributed by atoms with Gasteiger partial charge in [0.05, 0.1) is 7.11 Å². The number of methoxy groups -OCH3 is 1. The molecule has 5 heteroatoms. The maximum atomic E-state index is 11.3. The van der Waals surface area contributed by atoms with Crippen LogP contribution in [0.1, 0.15) is 36.0 Å². The smallest absolute Gasteiger partial charge is 0.339 e. The van der Waals surface area contributed by atoms with E-state index in [1.165, 1.54) is 7.11 Å². The van der Waals surface area contributed by atoms with Crippen LogP contribution in [-0.4, -0.2) is 29.7 Å². The van der Waals surface area contributed by atoms with Gasteiger partial charge in [0.2, 0.25) is 0 Å². The largest absolute Gasteiger partial charge is 0.467 e. The van der Waals surface area contributed by atoms with Crippen molar-refractivity contribution in [3.63, 3.8) is 0 Å². The lowest BCUT2D eigenvalue weighted by atomic mass is 9.92. The molecule has 19 heavy (non-hydrogen) atoms. The molecular weight excluding hydrogens is 284 g/mol. The normalized spacial score (nSPS) is 18.1. The number of esters is 1. The predicted octanol–water partition coefficient (Wildman–Crippen LogP) is 3.16. The zero-order valence-corrected chi connectivity index (χ0v) is 12.3. The summed E-state index contributed by atoms with van der Waals surface area (Å²) < 4.78 is 4.52. The van der Waals surface area contributed by atoms with Gasteiger partial charge in [-0.2, -0.15) is 11.8 Å². The first-order valence-corrected chi connectivity index (χ1v) is 7.79. The number of hydrogen-bond donors (Lipinski definition) is 1. The number of halogens is 1. The molecule has 0 saturated carbocycles. The summed E-state index contributed by atoms with van der Waals surface area (Å²) >= 11 is 8.25. The van der Waals surface area contributed by atoms with Crippen LogP contribution in [0, 0.1) is 0 Å². The molecular formula is C14H17ClO3S. The molecule has 3 nitrogen and oxygen atoms in total. The first-order chi connectivity index (χ1) is 9.13. The lowest BCUT2D eigenvalue weighted by Crippen LogP contribution is -2.14. The summed E-state index contributed by atoms with van der Waals surface area (Å²) in [4.78, 5) is 11.3. The molecule has 1 aromatic carbocycles. The van der Waals surface area contributed by atoms with E-state index in [2.05, 4.69) is 4.74 Å². The molecule has 0 aromatic heterocycles. The fourth-order valence-electron chi connectivity index (χ4n) is 2.30. The second-order valence-electron chi connectivity index (χ2n) is 4.59. The molecule has 1 aliphatic rings. The van der Waals surface area contributed by atoms with Crippen molar-refractivity contribution in [1.82, 2.24) is 0 Å². The minimum Gasteiger partial charge on any atom is -0.467 e. The molecule has 1 N–H and O–H groups in total. The summed E-state index contributed by atoms with van der Waals surface area (Å²) in [6, 6.07) is 5.34. The Bertz CT molecular complexity index is 458. The average molecular weight is 301 g/mol. The Kier molecular flexibility index (Phi) is 5.13. The van der Waals surface area contributed by atoms with Crippen molar-refractivity contribution in [3.05, 3.63) is 34.3 Å². The van der Waals surface area contributed by atoms with Crippen LogP contribution in [0.15, 0.2) is 18.2 Å². The molecule has 0 aliphatic carbocycles. The van der Waals surface area contributed by atoms with E-state index in [0.717, 1.165) is 29.9 Å². The summed E-state index contributed by atoms with van der Waals surface area (Å²) in [5.74, 6) is 2.14. The molecule has 1 atom stereocenters. The van der Waals surface area contributed by atoms with Gasteiger partial charge in [-0.1, -0.05) is 23.7 Å². The third-order valence-corrected chi connectivity index (χ3v) is 4.80. The van der Waals surface area contributed by atoms with Gasteiger partial charge in [0, 0.05) is 5.02 Å². The van der Waals surface area contributed by atoms with Crippen LogP contribution >= 0.6 is 23.4 Å². The van der Waals surface area contributed by atoms with Gasteiger partial charge in [-0.05, 0) is 47.5 Å². The van der Waals surface area contributed by atoms with Crippen LogP contribution in [0.5, 0.6) is 0 Å². The van der Waals surface area contributed by atoms with Crippen molar-refractivity contribution >= 4 is 29.3 Å². The Morgan fingerprint density at radius 3 is 2.74 bits per heavy atom. The van der Waals surface area contributed by atoms with E-state index in [4.69, 9.17) is 11.6 Å². The third-order valence-electron chi connectivity index (χ3n) is 3.43. The second-order valence-corrected chi connectivity index (χ2v) is 6.23. The van der Waals surface area contributed by atoms with Gasteiger partial charge in [0.15, 0.2) is 6.10 Å². The van der Waals surface area contributed by atoms with Gasteiger partial charge in [-0.15, -0.1) is 0 Å². The number of carbonyl (C=O) groups is 1. The number of rotatable bonds is 3. The Labute approximate surface area is 122 Å².